The molecule has 0 atom stereocenters. The summed E-state index contributed by atoms with van der Waals surface area (Å²) in [6, 6.07) is 12.8. The summed E-state index contributed by atoms with van der Waals surface area (Å²) in [6.45, 7) is 0. The maximum Gasteiger partial charge on any atom is 0.357 e. The van der Waals surface area contributed by atoms with E-state index >= 15 is 0 Å². The molecule has 0 unspecified atom stereocenters. The van der Waals surface area contributed by atoms with Gasteiger partial charge < -0.3 is 4.74 Å². The lowest BCUT2D eigenvalue weighted by Gasteiger charge is -2.03. The molecule has 3 rings (SSSR count). The van der Waals surface area contributed by atoms with Crippen LogP contribution in [-0.4, -0.2) is 22.5 Å². The highest BCUT2D eigenvalue weighted by Gasteiger charge is 2.20. The number of methoxy groups -OCH3 is 1. The van der Waals surface area contributed by atoms with Gasteiger partial charge in [0.25, 0.3) is 0 Å². The number of carbonyl (C=O) groups is 1. The highest BCUT2D eigenvalue weighted by atomic mass is 35.5. The predicted octanol–water partition coefficient (Wildman–Crippen LogP) is 3.44. The minimum Gasteiger partial charge on any atom is -0.464 e. The summed E-state index contributed by atoms with van der Waals surface area (Å²) in [6.07, 6.45) is 1.78. The second kappa shape index (κ2) is 4.98. The Morgan fingerprint density at radius 2 is 2.10 bits per heavy atom. The van der Waals surface area contributed by atoms with Gasteiger partial charge in [-0.25, -0.2) is 9.78 Å². The Morgan fingerprint density at radius 3 is 2.85 bits per heavy atom. The van der Waals surface area contributed by atoms with E-state index in [1.807, 2.05) is 30.3 Å². The molecule has 0 radical (unpaired) electrons. The molecule has 4 nitrogen and oxygen atoms in total. The lowest BCUT2D eigenvalue weighted by molar-refractivity contribution is 0.0594. The van der Waals surface area contributed by atoms with Gasteiger partial charge in [0, 0.05) is 16.8 Å². The number of rotatable bonds is 2. The summed E-state index contributed by atoms with van der Waals surface area (Å²) in [7, 11) is 1.35. The molecule has 3 aromatic rings. The van der Waals surface area contributed by atoms with E-state index in [1.54, 1.807) is 22.7 Å². The van der Waals surface area contributed by atoms with Crippen LogP contribution in [0.25, 0.3) is 16.9 Å². The Kier molecular flexibility index (Phi) is 3.16. The average molecular weight is 287 g/mol. The number of fused-ring (bicyclic) bond motifs is 1. The van der Waals surface area contributed by atoms with E-state index in [1.165, 1.54) is 7.11 Å². The minimum atomic E-state index is -0.432. The first-order valence-corrected chi connectivity index (χ1v) is 6.40. The van der Waals surface area contributed by atoms with Crippen LogP contribution in [0.15, 0.2) is 48.7 Å². The van der Waals surface area contributed by atoms with Crippen LogP contribution < -0.4 is 0 Å². The van der Waals surface area contributed by atoms with Gasteiger partial charge in [-0.15, -0.1) is 0 Å². The number of carbonyl (C=O) groups excluding carboxylic acids is 1. The molecule has 2 aromatic heterocycles. The van der Waals surface area contributed by atoms with E-state index in [4.69, 9.17) is 16.3 Å². The predicted molar refractivity (Wildman–Crippen MR) is 77.0 cm³/mol. The van der Waals surface area contributed by atoms with Crippen molar-refractivity contribution >= 4 is 23.2 Å². The summed E-state index contributed by atoms with van der Waals surface area (Å²) < 4.78 is 6.57. The van der Waals surface area contributed by atoms with Crippen LogP contribution in [0.1, 0.15) is 10.5 Å². The van der Waals surface area contributed by atoms with Crippen LogP contribution in [0, 0.1) is 0 Å². The fraction of sp³-hybridized carbons (Fsp3) is 0.0667. The Labute approximate surface area is 120 Å². The SMILES string of the molecule is COC(=O)c1c(-c2cccc(Cl)c2)nc2ccccn12. The summed E-state index contributed by atoms with van der Waals surface area (Å²) >= 11 is 6.01. The van der Waals surface area contributed by atoms with Crippen LogP contribution in [-0.2, 0) is 4.74 Å². The topological polar surface area (TPSA) is 43.6 Å². The Hall–Kier alpha value is -2.33. The maximum atomic E-state index is 12.1. The van der Waals surface area contributed by atoms with E-state index in [0.29, 0.717) is 22.1 Å². The maximum absolute atomic E-state index is 12.1. The van der Waals surface area contributed by atoms with Gasteiger partial charge in [-0.05, 0) is 24.3 Å². The summed E-state index contributed by atoms with van der Waals surface area (Å²) in [5.41, 5.74) is 2.42. The third-order valence-corrected chi connectivity index (χ3v) is 3.24. The summed E-state index contributed by atoms with van der Waals surface area (Å²) in [5, 5.41) is 0.593. The number of ether oxygens (including phenoxy) is 1. The van der Waals surface area contributed by atoms with Crippen molar-refractivity contribution in [2.75, 3.05) is 7.11 Å². The first-order valence-electron chi connectivity index (χ1n) is 6.02. The standard InChI is InChI=1S/C15H11ClN2O2/c1-20-15(19)14-13(10-5-4-6-11(16)9-10)17-12-7-2-3-8-18(12)14/h2-9H,1H3. The molecule has 5 heteroatoms. The fourth-order valence-corrected chi connectivity index (χ4v) is 2.31. The molecule has 0 amide bonds. The normalized spacial score (nSPS) is 10.7. The van der Waals surface area contributed by atoms with Gasteiger partial charge >= 0.3 is 5.97 Å². The number of aromatic nitrogens is 2. The number of halogens is 1. The smallest absolute Gasteiger partial charge is 0.357 e. The van der Waals surface area contributed by atoms with Gasteiger partial charge in [-0.1, -0.05) is 29.8 Å². The van der Waals surface area contributed by atoms with Crippen LogP contribution in [0.2, 0.25) is 5.02 Å². The molecule has 2 heterocycles. The largest absolute Gasteiger partial charge is 0.464 e. The van der Waals surface area contributed by atoms with Crippen LogP contribution in [0.4, 0.5) is 0 Å². The quantitative estimate of drug-likeness (QED) is 0.678. The monoisotopic (exact) mass is 286 g/mol. The number of nitrogens with zero attached hydrogens (tertiary/aromatic N) is 2. The van der Waals surface area contributed by atoms with Crippen molar-refractivity contribution in [3.8, 4) is 11.3 Å². The van der Waals surface area contributed by atoms with E-state index in [0.717, 1.165) is 5.56 Å². The first kappa shape index (κ1) is 12.7. The van der Waals surface area contributed by atoms with Gasteiger partial charge in [0.1, 0.15) is 11.3 Å². The van der Waals surface area contributed by atoms with Gasteiger partial charge in [-0.3, -0.25) is 4.40 Å². The van der Waals surface area contributed by atoms with Gasteiger partial charge in [0.15, 0.2) is 5.69 Å². The van der Waals surface area contributed by atoms with E-state index in [-0.39, 0.29) is 0 Å². The van der Waals surface area contributed by atoms with Crippen molar-refractivity contribution in [1.29, 1.82) is 0 Å². The summed E-state index contributed by atoms with van der Waals surface area (Å²) in [5.74, 6) is -0.432. The number of imidazole rings is 1. The highest BCUT2D eigenvalue weighted by molar-refractivity contribution is 6.30. The molecule has 0 bridgehead atoms. The molecule has 0 saturated carbocycles. The second-order valence-electron chi connectivity index (χ2n) is 4.24. The number of hydrogen-bond donors (Lipinski definition) is 0. The molecule has 0 fully saturated rings. The highest BCUT2D eigenvalue weighted by Crippen LogP contribution is 2.27. The molecule has 1 aromatic carbocycles. The molecule has 0 saturated heterocycles. The lowest BCUT2D eigenvalue weighted by atomic mass is 10.1. The zero-order valence-corrected chi connectivity index (χ0v) is 11.5. The second-order valence-corrected chi connectivity index (χ2v) is 4.68. The number of hydrogen-bond acceptors (Lipinski definition) is 3. The molecule has 0 aliphatic rings. The summed E-state index contributed by atoms with van der Waals surface area (Å²) in [4.78, 5) is 16.5. The fourth-order valence-electron chi connectivity index (χ4n) is 2.12. The molecular weight excluding hydrogens is 276 g/mol. The number of pyridine rings is 1. The van der Waals surface area contributed by atoms with Crippen molar-refractivity contribution in [3.05, 3.63) is 59.4 Å². The number of esters is 1. The van der Waals surface area contributed by atoms with Crippen molar-refractivity contribution in [2.24, 2.45) is 0 Å². The Balaban J connectivity index is 2.32. The van der Waals surface area contributed by atoms with Gasteiger partial charge in [0.2, 0.25) is 0 Å². The Bertz CT molecular complexity index is 795. The van der Waals surface area contributed by atoms with E-state index in [2.05, 4.69) is 4.98 Å². The zero-order chi connectivity index (χ0) is 14.1. The first-order chi connectivity index (χ1) is 9.70. The molecule has 0 aliphatic carbocycles. The molecule has 0 N–H and O–H groups in total. The third kappa shape index (κ3) is 2.04. The van der Waals surface area contributed by atoms with Crippen molar-refractivity contribution in [3.63, 3.8) is 0 Å². The van der Waals surface area contributed by atoms with Gasteiger partial charge in [0.05, 0.1) is 7.11 Å². The van der Waals surface area contributed by atoms with Crippen LogP contribution >= 0.6 is 11.6 Å². The van der Waals surface area contributed by atoms with Crippen molar-refractivity contribution < 1.29 is 9.53 Å². The van der Waals surface area contributed by atoms with Crippen LogP contribution in [0.5, 0.6) is 0 Å². The number of benzene rings is 1. The average Bonchev–Trinajstić information content (AvgIpc) is 2.86. The lowest BCUT2D eigenvalue weighted by Crippen LogP contribution is -2.06. The van der Waals surface area contributed by atoms with Gasteiger partial charge in [-0.2, -0.15) is 0 Å². The third-order valence-electron chi connectivity index (χ3n) is 3.01. The van der Waals surface area contributed by atoms with Crippen molar-refractivity contribution in [2.45, 2.75) is 0 Å². The molecule has 0 spiro atoms. The van der Waals surface area contributed by atoms with Crippen LogP contribution in [0.3, 0.4) is 0 Å². The van der Waals surface area contributed by atoms with Crippen molar-refractivity contribution in [1.82, 2.24) is 9.38 Å². The molecule has 0 aliphatic heterocycles. The van der Waals surface area contributed by atoms with E-state index in [9.17, 15) is 4.79 Å². The molecular formula is C15H11ClN2O2. The van der Waals surface area contributed by atoms with E-state index < -0.39 is 5.97 Å². The molecule has 20 heavy (non-hydrogen) atoms. The minimum absolute atomic E-state index is 0.394. The molecule has 100 valence electrons. The Morgan fingerprint density at radius 1 is 1.25 bits per heavy atom. The zero-order valence-electron chi connectivity index (χ0n) is 10.7.